The molecule has 5 rings (SSSR count). The molecule has 1 aliphatic heterocycles. The Morgan fingerprint density at radius 3 is 1.79 bits per heavy atom. The molecule has 1 heterocycles. The summed E-state index contributed by atoms with van der Waals surface area (Å²) in [4.78, 5) is 25.2. The average Bonchev–Trinajstić information content (AvgIpc) is 2.92. The van der Waals surface area contributed by atoms with Gasteiger partial charge in [-0.05, 0) is 50.5 Å². The Hall–Kier alpha value is -1.62. The zero-order valence-corrected chi connectivity index (χ0v) is 14.5. The van der Waals surface area contributed by atoms with Crippen molar-refractivity contribution < 1.29 is 23.8 Å². The van der Waals surface area contributed by atoms with Crippen molar-refractivity contribution in [2.75, 3.05) is 14.2 Å². The van der Waals surface area contributed by atoms with Crippen LogP contribution in [0.15, 0.2) is 22.3 Å². The minimum Gasteiger partial charge on any atom is -0.466 e. The number of ether oxygens (including phenoxy) is 3. The van der Waals surface area contributed by atoms with Gasteiger partial charge in [0, 0.05) is 11.8 Å². The van der Waals surface area contributed by atoms with E-state index in [2.05, 4.69) is 13.8 Å². The number of allylic oxidation sites excluding steroid dienone is 1. The molecule has 0 radical (unpaired) electrons. The SMILES string of the molecule is COC(=O)C1=C(C(=O)OC)C2C(=C(C)C)C1C13OC21C1CCC3C1. The summed E-state index contributed by atoms with van der Waals surface area (Å²) in [5, 5.41) is 0. The fourth-order valence-corrected chi connectivity index (χ4v) is 6.79. The van der Waals surface area contributed by atoms with Crippen molar-refractivity contribution in [3.8, 4) is 0 Å². The Kier molecular flexibility index (Phi) is 2.53. The van der Waals surface area contributed by atoms with E-state index in [-0.39, 0.29) is 23.0 Å². The van der Waals surface area contributed by atoms with Gasteiger partial charge in [-0.1, -0.05) is 5.57 Å². The molecule has 0 N–H and O–H groups in total. The third-order valence-electron chi connectivity index (χ3n) is 7.29. The zero-order valence-electron chi connectivity index (χ0n) is 14.5. The summed E-state index contributed by atoms with van der Waals surface area (Å²) in [7, 11) is 2.75. The van der Waals surface area contributed by atoms with E-state index in [1.54, 1.807) is 0 Å². The quantitative estimate of drug-likeness (QED) is 0.441. The van der Waals surface area contributed by atoms with E-state index in [4.69, 9.17) is 14.2 Å². The second kappa shape index (κ2) is 4.13. The molecule has 0 spiro atoms. The molecule has 6 atom stereocenters. The standard InChI is InChI=1S/C19H22O5/c1-8(2)11-14-12(16(20)22-3)13(17(21)23-4)15(11)19-10-6-5-9(7-10)18(14,19)24-19/h9-10,14-15H,5-7H2,1-4H3. The molecule has 4 aliphatic carbocycles. The van der Waals surface area contributed by atoms with Crippen LogP contribution in [0.3, 0.4) is 0 Å². The predicted molar refractivity (Wildman–Crippen MR) is 83.8 cm³/mol. The lowest BCUT2D eigenvalue weighted by molar-refractivity contribution is -0.140. The van der Waals surface area contributed by atoms with E-state index in [0.29, 0.717) is 23.0 Å². The molecule has 6 unspecified atom stereocenters. The first-order valence-corrected chi connectivity index (χ1v) is 8.73. The number of hydrogen-bond donors (Lipinski definition) is 0. The van der Waals surface area contributed by atoms with E-state index < -0.39 is 11.9 Å². The van der Waals surface area contributed by atoms with E-state index in [9.17, 15) is 9.59 Å². The minimum atomic E-state index is -0.414. The molecule has 128 valence electrons. The first-order valence-electron chi connectivity index (χ1n) is 8.73. The Balaban J connectivity index is 1.79. The van der Waals surface area contributed by atoms with Gasteiger partial charge in [0.1, 0.15) is 11.2 Å². The van der Waals surface area contributed by atoms with E-state index in [1.807, 2.05) is 0 Å². The van der Waals surface area contributed by atoms with Gasteiger partial charge in [0.15, 0.2) is 0 Å². The fourth-order valence-electron chi connectivity index (χ4n) is 6.79. The van der Waals surface area contributed by atoms with Crippen LogP contribution in [0.2, 0.25) is 0 Å². The third kappa shape index (κ3) is 1.18. The first-order chi connectivity index (χ1) is 11.5. The van der Waals surface area contributed by atoms with Crippen LogP contribution in [0, 0.1) is 23.7 Å². The van der Waals surface area contributed by atoms with Gasteiger partial charge < -0.3 is 14.2 Å². The van der Waals surface area contributed by atoms with Crippen LogP contribution in [0.25, 0.3) is 0 Å². The Labute approximate surface area is 141 Å². The summed E-state index contributed by atoms with van der Waals surface area (Å²) in [6, 6.07) is 0. The molecular formula is C19H22O5. The molecule has 4 fully saturated rings. The summed E-state index contributed by atoms with van der Waals surface area (Å²) < 4.78 is 16.6. The lowest BCUT2D eigenvalue weighted by atomic mass is 9.69. The molecule has 0 amide bonds. The maximum atomic E-state index is 12.6. The lowest BCUT2D eigenvalue weighted by Crippen LogP contribution is -2.42. The van der Waals surface area contributed by atoms with Crippen molar-refractivity contribution in [3.05, 3.63) is 22.3 Å². The molecule has 0 aromatic carbocycles. The van der Waals surface area contributed by atoms with Crippen LogP contribution in [-0.2, 0) is 23.8 Å². The molecule has 5 nitrogen and oxygen atoms in total. The second-order valence-corrected chi connectivity index (χ2v) is 8.03. The van der Waals surface area contributed by atoms with Gasteiger partial charge in [-0.3, -0.25) is 0 Å². The van der Waals surface area contributed by atoms with Gasteiger partial charge in [0.25, 0.3) is 0 Å². The lowest BCUT2D eigenvalue weighted by Gasteiger charge is -2.29. The van der Waals surface area contributed by atoms with Crippen molar-refractivity contribution in [3.63, 3.8) is 0 Å². The minimum absolute atomic E-state index is 0.135. The smallest absolute Gasteiger partial charge is 0.335 e. The molecule has 3 saturated carbocycles. The molecule has 0 aromatic heterocycles. The molecule has 24 heavy (non-hydrogen) atoms. The van der Waals surface area contributed by atoms with Gasteiger partial charge in [-0.25, -0.2) is 9.59 Å². The van der Waals surface area contributed by atoms with Crippen molar-refractivity contribution in [1.29, 1.82) is 0 Å². The molecule has 5 heteroatoms. The summed E-state index contributed by atoms with van der Waals surface area (Å²) in [6.45, 7) is 4.14. The number of hydrogen-bond acceptors (Lipinski definition) is 5. The highest BCUT2D eigenvalue weighted by atomic mass is 16.6. The van der Waals surface area contributed by atoms with Crippen molar-refractivity contribution in [1.82, 2.24) is 0 Å². The molecular weight excluding hydrogens is 308 g/mol. The predicted octanol–water partition coefficient (Wildman–Crippen LogP) is 2.16. The van der Waals surface area contributed by atoms with Crippen LogP contribution in [0.1, 0.15) is 33.1 Å². The Morgan fingerprint density at radius 1 is 0.958 bits per heavy atom. The number of carbonyl (C=O) groups excluding carboxylic acids is 2. The highest BCUT2D eigenvalue weighted by molar-refractivity contribution is 6.05. The largest absolute Gasteiger partial charge is 0.466 e. The van der Waals surface area contributed by atoms with Gasteiger partial charge in [-0.2, -0.15) is 0 Å². The second-order valence-electron chi connectivity index (χ2n) is 8.03. The summed E-state index contributed by atoms with van der Waals surface area (Å²) in [5.41, 5.74) is 2.83. The van der Waals surface area contributed by atoms with Crippen LogP contribution < -0.4 is 0 Å². The van der Waals surface area contributed by atoms with Crippen LogP contribution in [0.4, 0.5) is 0 Å². The summed E-state index contributed by atoms with van der Waals surface area (Å²) in [6.07, 6.45) is 3.48. The van der Waals surface area contributed by atoms with E-state index in [0.717, 1.165) is 19.3 Å². The summed E-state index contributed by atoms with van der Waals surface area (Å²) in [5.74, 6) is -0.115. The molecule has 5 aliphatic rings. The highest BCUT2D eigenvalue weighted by Crippen LogP contribution is 2.86. The van der Waals surface area contributed by atoms with Gasteiger partial charge >= 0.3 is 11.9 Å². The number of carbonyl (C=O) groups is 2. The van der Waals surface area contributed by atoms with Gasteiger partial charge in [-0.15, -0.1) is 0 Å². The molecule has 1 saturated heterocycles. The average molecular weight is 330 g/mol. The highest BCUT2D eigenvalue weighted by Gasteiger charge is 2.94. The fraction of sp³-hybridized carbons (Fsp3) is 0.684. The first kappa shape index (κ1) is 14.7. The number of esters is 2. The third-order valence-corrected chi connectivity index (χ3v) is 7.29. The number of epoxide rings is 1. The zero-order chi connectivity index (χ0) is 17.0. The van der Waals surface area contributed by atoms with E-state index in [1.165, 1.54) is 25.4 Å². The normalized spacial score (nSPS) is 46.1. The number of fused-ring (bicyclic) bond motifs is 4. The van der Waals surface area contributed by atoms with Crippen LogP contribution in [-0.4, -0.2) is 37.4 Å². The summed E-state index contributed by atoms with van der Waals surface area (Å²) >= 11 is 0. The van der Waals surface area contributed by atoms with E-state index >= 15 is 0 Å². The monoisotopic (exact) mass is 330 g/mol. The van der Waals surface area contributed by atoms with Gasteiger partial charge in [0.2, 0.25) is 0 Å². The maximum Gasteiger partial charge on any atom is 0.335 e. The van der Waals surface area contributed by atoms with Gasteiger partial charge in [0.05, 0.1) is 25.4 Å². The maximum absolute atomic E-state index is 12.6. The van der Waals surface area contributed by atoms with Crippen molar-refractivity contribution in [2.45, 2.75) is 44.3 Å². The molecule has 0 aromatic rings. The topological polar surface area (TPSA) is 65.1 Å². The van der Waals surface area contributed by atoms with Crippen molar-refractivity contribution >= 4 is 11.9 Å². The van der Waals surface area contributed by atoms with Crippen molar-refractivity contribution in [2.24, 2.45) is 23.7 Å². The Morgan fingerprint density at radius 2 is 1.42 bits per heavy atom. The number of rotatable bonds is 2. The molecule has 4 bridgehead atoms. The Bertz CT molecular complexity index is 704. The van der Waals surface area contributed by atoms with Crippen LogP contribution >= 0.6 is 0 Å². The number of methoxy groups -OCH3 is 2. The van der Waals surface area contributed by atoms with Crippen LogP contribution in [0.5, 0.6) is 0 Å².